The summed E-state index contributed by atoms with van der Waals surface area (Å²) in [5.74, 6) is -0.779. The molecule has 1 aromatic heterocycles. The van der Waals surface area contributed by atoms with Crippen LogP contribution in [0.3, 0.4) is 0 Å². The van der Waals surface area contributed by atoms with Crippen LogP contribution in [-0.4, -0.2) is 46.3 Å². The van der Waals surface area contributed by atoms with E-state index in [1.807, 2.05) is 0 Å². The second-order valence-electron chi connectivity index (χ2n) is 5.19. The Bertz CT molecular complexity index is 708. The van der Waals surface area contributed by atoms with Gasteiger partial charge in [0, 0.05) is 37.9 Å². The van der Waals surface area contributed by atoms with Crippen molar-refractivity contribution in [3.63, 3.8) is 0 Å². The minimum absolute atomic E-state index is 0.0487. The summed E-state index contributed by atoms with van der Waals surface area (Å²) in [4.78, 5) is 50.4. The molecule has 10 heteroatoms. The van der Waals surface area contributed by atoms with Crippen LogP contribution in [0.2, 0.25) is 0 Å². The van der Waals surface area contributed by atoms with Crippen LogP contribution in [0.1, 0.15) is 23.7 Å². The fourth-order valence-corrected chi connectivity index (χ4v) is 3.04. The van der Waals surface area contributed by atoms with Crippen LogP contribution in [0.5, 0.6) is 0 Å². The number of ether oxygens (including phenoxy) is 1. The number of pyridine rings is 1. The molecule has 1 atom stereocenters. The maximum atomic E-state index is 12.2. The molecule has 9 nitrogen and oxygen atoms in total. The number of thioether (sulfide) groups is 1. The molecular formula is C14H15N3O6S. The molecule has 0 aromatic carbocycles. The zero-order chi connectivity index (χ0) is 17.9. The molecule has 2 heterocycles. The van der Waals surface area contributed by atoms with E-state index < -0.39 is 16.6 Å². The largest absolute Gasteiger partial charge is 0.465 e. The van der Waals surface area contributed by atoms with E-state index in [4.69, 9.17) is 0 Å². The second kappa shape index (κ2) is 7.39. The van der Waals surface area contributed by atoms with E-state index in [-0.39, 0.29) is 41.3 Å². The molecule has 1 aliphatic heterocycles. The maximum Gasteiger partial charge on any atom is 0.339 e. The van der Waals surface area contributed by atoms with Crippen molar-refractivity contribution in [2.75, 3.05) is 24.3 Å². The predicted molar refractivity (Wildman–Crippen MR) is 85.8 cm³/mol. The van der Waals surface area contributed by atoms with Crippen LogP contribution in [0.15, 0.2) is 12.3 Å². The van der Waals surface area contributed by atoms with E-state index >= 15 is 0 Å². The first-order chi connectivity index (χ1) is 11.3. The summed E-state index contributed by atoms with van der Waals surface area (Å²) < 4.78 is 4.51. The molecule has 1 unspecified atom stereocenters. The monoisotopic (exact) mass is 353 g/mol. The molecule has 1 aromatic rings. The number of aromatic nitrogens is 1. The van der Waals surface area contributed by atoms with Gasteiger partial charge < -0.3 is 4.74 Å². The Labute approximate surface area is 141 Å². The lowest BCUT2D eigenvalue weighted by Crippen LogP contribution is -2.27. The molecule has 1 amide bonds. The average Bonchev–Trinajstić information content (AvgIpc) is 2.92. The van der Waals surface area contributed by atoms with E-state index in [0.29, 0.717) is 5.75 Å². The van der Waals surface area contributed by atoms with Crippen LogP contribution >= 0.6 is 11.8 Å². The third kappa shape index (κ3) is 3.88. The number of anilines is 1. The lowest BCUT2D eigenvalue weighted by molar-refractivity contribution is -0.384. The first-order valence-electron chi connectivity index (χ1n) is 7.00. The zero-order valence-corrected chi connectivity index (χ0v) is 13.9. The molecular weight excluding hydrogens is 338 g/mol. The van der Waals surface area contributed by atoms with Crippen LogP contribution in [-0.2, 0) is 14.3 Å². The van der Waals surface area contributed by atoms with Crippen molar-refractivity contribution in [1.82, 2.24) is 4.98 Å². The number of esters is 1. The van der Waals surface area contributed by atoms with Gasteiger partial charge in [-0.1, -0.05) is 11.8 Å². The van der Waals surface area contributed by atoms with Crippen LogP contribution in [0, 0.1) is 16.0 Å². The minimum Gasteiger partial charge on any atom is -0.465 e. The number of rotatable bonds is 5. The summed E-state index contributed by atoms with van der Waals surface area (Å²) >= 11 is 1.11. The number of carbonyl (C=O) groups excluding carboxylic acids is 3. The quantitative estimate of drug-likeness (QED) is 0.443. The van der Waals surface area contributed by atoms with Crippen molar-refractivity contribution in [3.05, 3.63) is 27.9 Å². The Morgan fingerprint density at radius 2 is 2.25 bits per heavy atom. The highest BCUT2D eigenvalue weighted by molar-refractivity contribution is 8.13. The first kappa shape index (κ1) is 17.9. The highest BCUT2D eigenvalue weighted by Gasteiger charge is 2.35. The summed E-state index contributed by atoms with van der Waals surface area (Å²) in [6.07, 6.45) is 1.33. The van der Waals surface area contributed by atoms with Gasteiger partial charge in [0.1, 0.15) is 0 Å². The Morgan fingerprint density at radius 3 is 2.83 bits per heavy atom. The van der Waals surface area contributed by atoms with Gasteiger partial charge in [0.2, 0.25) is 11.7 Å². The van der Waals surface area contributed by atoms with Crippen LogP contribution in [0.4, 0.5) is 11.5 Å². The molecule has 2 rings (SSSR count). The number of hydrogen-bond donors (Lipinski definition) is 0. The summed E-state index contributed by atoms with van der Waals surface area (Å²) in [5.41, 5.74) is -0.505. The Hall–Kier alpha value is -2.49. The highest BCUT2D eigenvalue weighted by atomic mass is 32.2. The fraction of sp³-hybridized carbons (Fsp3) is 0.429. The van der Waals surface area contributed by atoms with Gasteiger partial charge in [-0.05, 0) is 5.92 Å². The Morgan fingerprint density at radius 1 is 1.54 bits per heavy atom. The number of amides is 1. The number of methoxy groups -OCH3 is 1. The summed E-state index contributed by atoms with van der Waals surface area (Å²) in [6.45, 7) is 1.68. The third-order valence-electron chi connectivity index (χ3n) is 3.45. The van der Waals surface area contributed by atoms with Gasteiger partial charge in [0.15, 0.2) is 5.12 Å². The van der Waals surface area contributed by atoms with Crippen molar-refractivity contribution in [1.29, 1.82) is 0 Å². The lowest BCUT2D eigenvalue weighted by atomic mass is 10.1. The van der Waals surface area contributed by atoms with Gasteiger partial charge in [0.05, 0.1) is 17.6 Å². The van der Waals surface area contributed by atoms with Gasteiger partial charge in [-0.25, -0.2) is 9.78 Å². The average molecular weight is 353 g/mol. The topological polar surface area (TPSA) is 120 Å². The molecule has 1 fully saturated rings. The fourth-order valence-electron chi connectivity index (χ4n) is 2.35. The van der Waals surface area contributed by atoms with Gasteiger partial charge in [0.25, 0.3) is 0 Å². The molecule has 0 N–H and O–H groups in total. The summed E-state index contributed by atoms with van der Waals surface area (Å²) in [6, 6.07) is 1.04. The van der Waals surface area contributed by atoms with Crippen molar-refractivity contribution < 1.29 is 24.0 Å². The number of carbonyl (C=O) groups is 3. The second-order valence-corrected chi connectivity index (χ2v) is 6.39. The summed E-state index contributed by atoms with van der Waals surface area (Å²) in [5, 5.41) is 11.2. The smallest absolute Gasteiger partial charge is 0.339 e. The number of hydrogen-bond acceptors (Lipinski definition) is 8. The zero-order valence-electron chi connectivity index (χ0n) is 13.1. The molecule has 1 aliphatic rings. The lowest BCUT2D eigenvalue weighted by Gasteiger charge is -2.15. The normalized spacial score (nSPS) is 17.0. The van der Waals surface area contributed by atoms with E-state index in [1.54, 1.807) is 0 Å². The minimum atomic E-state index is -0.749. The van der Waals surface area contributed by atoms with Crippen molar-refractivity contribution in [2.45, 2.75) is 13.3 Å². The van der Waals surface area contributed by atoms with E-state index in [0.717, 1.165) is 31.1 Å². The first-order valence-corrected chi connectivity index (χ1v) is 7.98. The molecule has 0 bridgehead atoms. The van der Waals surface area contributed by atoms with Crippen molar-refractivity contribution in [3.8, 4) is 0 Å². The molecule has 0 spiro atoms. The van der Waals surface area contributed by atoms with E-state index in [9.17, 15) is 24.5 Å². The highest BCUT2D eigenvalue weighted by Crippen LogP contribution is 2.32. The molecule has 0 radical (unpaired) electrons. The predicted octanol–water partition coefficient (Wildman–Crippen LogP) is 1.41. The number of nitro groups is 1. The van der Waals surface area contributed by atoms with Gasteiger partial charge in [-0.3, -0.25) is 24.6 Å². The van der Waals surface area contributed by atoms with Crippen LogP contribution in [0.25, 0.3) is 0 Å². The molecule has 24 heavy (non-hydrogen) atoms. The van der Waals surface area contributed by atoms with Crippen LogP contribution < -0.4 is 4.90 Å². The maximum absolute atomic E-state index is 12.2. The summed E-state index contributed by atoms with van der Waals surface area (Å²) in [7, 11) is 1.16. The van der Waals surface area contributed by atoms with Gasteiger partial charge >= 0.3 is 11.7 Å². The van der Waals surface area contributed by atoms with Crippen molar-refractivity contribution >= 4 is 40.3 Å². The van der Waals surface area contributed by atoms with E-state index in [1.165, 1.54) is 11.8 Å². The van der Waals surface area contributed by atoms with E-state index in [2.05, 4.69) is 9.72 Å². The SMILES string of the molecule is COC(=O)c1cnc(N2CC(CSC(C)=O)CC2=O)c([N+](=O)[O-])c1. The van der Waals surface area contributed by atoms with Gasteiger partial charge in [-0.15, -0.1) is 0 Å². The molecule has 1 saturated heterocycles. The van der Waals surface area contributed by atoms with Gasteiger partial charge in [-0.2, -0.15) is 0 Å². The van der Waals surface area contributed by atoms with Crippen molar-refractivity contribution in [2.24, 2.45) is 5.92 Å². The Kier molecular flexibility index (Phi) is 5.50. The molecule has 0 saturated carbocycles. The third-order valence-corrected chi connectivity index (χ3v) is 4.49. The molecule has 0 aliphatic carbocycles. The molecule has 128 valence electrons. The standard InChI is InChI=1S/C14H15N3O6S/c1-8(18)24-7-9-3-12(19)16(6-9)13-11(17(21)22)4-10(5-15-13)14(20)23-2/h4-5,9H,3,6-7H2,1-2H3. The number of nitrogens with zero attached hydrogens (tertiary/aromatic N) is 3. The Balaban J connectivity index is 2.27.